The van der Waals surface area contributed by atoms with Crippen LogP contribution >= 0.6 is 27.3 Å². The van der Waals surface area contributed by atoms with Crippen LogP contribution in [-0.2, 0) is 4.79 Å². The van der Waals surface area contributed by atoms with E-state index in [9.17, 15) is 9.59 Å². The first-order chi connectivity index (χ1) is 9.09. The summed E-state index contributed by atoms with van der Waals surface area (Å²) >= 11 is 4.57. The Morgan fingerprint density at radius 1 is 1.21 bits per heavy atom. The first-order valence-corrected chi connectivity index (χ1v) is 7.08. The van der Waals surface area contributed by atoms with Crippen LogP contribution in [-0.4, -0.2) is 23.5 Å². The van der Waals surface area contributed by atoms with Crippen molar-refractivity contribution in [3.8, 4) is 0 Å². The van der Waals surface area contributed by atoms with Crippen LogP contribution < -0.4 is 4.90 Å². The van der Waals surface area contributed by atoms with Crippen LogP contribution in [0.2, 0.25) is 0 Å². The van der Waals surface area contributed by atoms with E-state index in [1.54, 1.807) is 35.7 Å². The molecule has 6 heteroatoms. The number of thiophene rings is 1. The highest BCUT2D eigenvalue weighted by Gasteiger charge is 2.22. The monoisotopic (exact) mass is 339 g/mol. The van der Waals surface area contributed by atoms with Crippen LogP contribution in [0.1, 0.15) is 9.67 Å². The first kappa shape index (κ1) is 13.8. The van der Waals surface area contributed by atoms with Crippen molar-refractivity contribution in [3.05, 3.63) is 51.1 Å². The average Bonchev–Trinajstić information content (AvgIpc) is 2.82. The number of hydrogen-bond acceptors (Lipinski definition) is 3. The van der Waals surface area contributed by atoms with Gasteiger partial charge in [0.2, 0.25) is 0 Å². The lowest BCUT2D eigenvalue weighted by molar-refractivity contribution is -0.135. The van der Waals surface area contributed by atoms with Gasteiger partial charge >= 0.3 is 5.97 Å². The summed E-state index contributed by atoms with van der Waals surface area (Å²) < 4.78 is 0.675. The number of hydrogen-bond donors (Lipinski definition) is 1. The number of carboxylic acids is 1. The van der Waals surface area contributed by atoms with Gasteiger partial charge in [0.15, 0.2) is 0 Å². The van der Waals surface area contributed by atoms with Crippen LogP contribution in [0.4, 0.5) is 5.69 Å². The van der Waals surface area contributed by atoms with Crippen molar-refractivity contribution in [2.45, 2.75) is 0 Å². The van der Waals surface area contributed by atoms with E-state index in [1.807, 2.05) is 6.07 Å². The number of para-hydroxylation sites is 1. The number of carbonyl (C=O) groups excluding carboxylic acids is 1. The largest absolute Gasteiger partial charge is 0.480 e. The van der Waals surface area contributed by atoms with Gasteiger partial charge in [-0.2, -0.15) is 0 Å². The second kappa shape index (κ2) is 5.99. The van der Waals surface area contributed by atoms with E-state index in [0.717, 1.165) is 0 Å². The third-order valence-corrected chi connectivity index (χ3v) is 4.24. The second-order valence-electron chi connectivity index (χ2n) is 3.72. The summed E-state index contributed by atoms with van der Waals surface area (Å²) in [6.07, 6.45) is 0. The molecule has 0 spiro atoms. The zero-order valence-electron chi connectivity index (χ0n) is 9.75. The van der Waals surface area contributed by atoms with Crippen molar-refractivity contribution in [1.82, 2.24) is 0 Å². The Labute approximate surface area is 122 Å². The molecule has 0 aliphatic rings. The summed E-state index contributed by atoms with van der Waals surface area (Å²) in [5.74, 6) is -1.37. The molecule has 0 fully saturated rings. The van der Waals surface area contributed by atoms with Crippen molar-refractivity contribution < 1.29 is 14.7 Å². The van der Waals surface area contributed by atoms with Crippen molar-refractivity contribution in [2.75, 3.05) is 11.4 Å². The van der Waals surface area contributed by atoms with E-state index in [2.05, 4.69) is 15.9 Å². The molecule has 0 bridgehead atoms. The van der Waals surface area contributed by atoms with Crippen molar-refractivity contribution in [1.29, 1.82) is 0 Å². The third kappa shape index (κ3) is 3.21. The van der Waals surface area contributed by atoms with Crippen LogP contribution in [0.5, 0.6) is 0 Å². The van der Waals surface area contributed by atoms with Crippen molar-refractivity contribution in [2.24, 2.45) is 0 Å². The number of carboxylic acid groups (broad SMARTS) is 1. The van der Waals surface area contributed by atoms with Crippen molar-refractivity contribution >= 4 is 44.8 Å². The molecule has 1 heterocycles. The van der Waals surface area contributed by atoms with Gasteiger partial charge in [-0.1, -0.05) is 18.2 Å². The summed E-state index contributed by atoms with van der Waals surface area (Å²) in [5, 5.41) is 10.7. The zero-order chi connectivity index (χ0) is 13.8. The minimum absolute atomic E-state index is 0.324. The second-order valence-corrected chi connectivity index (χ2v) is 5.49. The third-order valence-electron chi connectivity index (χ3n) is 2.42. The van der Waals surface area contributed by atoms with E-state index in [1.165, 1.54) is 16.2 Å². The number of rotatable bonds is 4. The highest BCUT2D eigenvalue weighted by molar-refractivity contribution is 9.10. The minimum atomic E-state index is -1.05. The summed E-state index contributed by atoms with van der Waals surface area (Å²) in [6.45, 7) is -0.368. The molecule has 0 unspecified atom stereocenters. The van der Waals surface area contributed by atoms with Gasteiger partial charge in [-0.15, -0.1) is 11.3 Å². The average molecular weight is 340 g/mol. The van der Waals surface area contributed by atoms with Gasteiger partial charge in [0.05, 0.1) is 0 Å². The zero-order valence-corrected chi connectivity index (χ0v) is 12.1. The number of aliphatic carboxylic acids is 1. The van der Waals surface area contributed by atoms with Gasteiger partial charge < -0.3 is 5.11 Å². The molecule has 4 nitrogen and oxygen atoms in total. The predicted octanol–water partition coefficient (Wildman–Crippen LogP) is 3.24. The molecule has 0 aliphatic carbocycles. The molecule has 0 saturated heterocycles. The van der Waals surface area contributed by atoms with E-state index < -0.39 is 5.97 Å². The molecule has 98 valence electrons. The van der Waals surface area contributed by atoms with Gasteiger partial charge in [0.1, 0.15) is 11.4 Å². The van der Waals surface area contributed by atoms with Gasteiger partial charge in [-0.3, -0.25) is 14.5 Å². The van der Waals surface area contributed by atoms with Gasteiger partial charge in [-0.05, 0) is 39.5 Å². The van der Waals surface area contributed by atoms with E-state index in [4.69, 9.17) is 5.11 Å². The van der Waals surface area contributed by atoms with Crippen LogP contribution in [0, 0.1) is 0 Å². The predicted molar refractivity (Wildman–Crippen MR) is 77.8 cm³/mol. The molecule has 2 rings (SSSR count). The van der Waals surface area contributed by atoms with Crippen molar-refractivity contribution in [3.63, 3.8) is 0 Å². The number of amides is 1. The quantitative estimate of drug-likeness (QED) is 0.930. The fourth-order valence-corrected chi connectivity index (χ4v) is 3.08. The molecule has 1 aromatic carbocycles. The Bertz CT molecular complexity index is 597. The molecular weight excluding hydrogens is 330 g/mol. The molecule has 0 atom stereocenters. The highest BCUT2D eigenvalue weighted by Crippen LogP contribution is 2.26. The molecule has 0 radical (unpaired) electrons. The maximum atomic E-state index is 12.4. The lowest BCUT2D eigenvalue weighted by Crippen LogP contribution is -2.35. The number of nitrogens with zero attached hydrogens (tertiary/aromatic N) is 1. The fourth-order valence-electron chi connectivity index (χ4n) is 1.59. The van der Waals surface area contributed by atoms with Crippen LogP contribution in [0.3, 0.4) is 0 Å². The maximum absolute atomic E-state index is 12.4. The van der Waals surface area contributed by atoms with Gasteiger partial charge in [0.25, 0.3) is 5.91 Å². The van der Waals surface area contributed by atoms with E-state index in [0.29, 0.717) is 15.0 Å². The Kier molecular flexibility index (Phi) is 4.34. The van der Waals surface area contributed by atoms with Crippen LogP contribution in [0.15, 0.2) is 46.3 Å². The van der Waals surface area contributed by atoms with Gasteiger partial charge in [0, 0.05) is 10.2 Å². The number of halogens is 1. The Morgan fingerprint density at radius 3 is 2.42 bits per heavy atom. The molecule has 2 aromatic rings. The Hall–Kier alpha value is -1.66. The van der Waals surface area contributed by atoms with E-state index in [-0.39, 0.29) is 12.5 Å². The number of benzene rings is 1. The molecule has 1 N–H and O–H groups in total. The SMILES string of the molecule is O=C(O)CN(C(=O)c1sccc1Br)c1ccccc1. The molecule has 0 saturated carbocycles. The Morgan fingerprint density at radius 2 is 1.89 bits per heavy atom. The lowest BCUT2D eigenvalue weighted by atomic mass is 10.2. The fraction of sp³-hybridized carbons (Fsp3) is 0.0769. The smallest absolute Gasteiger partial charge is 0.323 e. The Balaban J connectivity index is 2.36. The minimum Gasteiger partial charge on any atom is -0.480 e. The summed E-state index contributed by atoms with van der Waals surface area (Å²) in [6, 6.07) is 10.5. The summed E-state index contributed by atoms with van der Waals surface area (Å²) in [7, 11) is 0. The maximum Gasteiger partial charge on any atom is 0.323 e. The van der Waals surface area contributed by atoms with E-state index >= 15 is 0 Å². The topological polar surface area (TPSA) is 57.6 Å². The lowest BCUT2D eigenvalue weighted by Gasteiger charge is -2.20. The standard InChI is InChI=1S/C13H10BrNO3S/c14-10-6-7-19-12(10)13(18)15(8-11(16)17)9-4-2-1-3-5-9/h1-7H,8H2,(H,16,17). The van der Waals surface area contributed by atoms with Crippen LogP contribution in [0.25, 0.3) is 0 Å². The molecule has 0 aliphatic heterocycles. The summed E-state index contributed by atoms with van der Waals surface area (Å²) in [4.78, 5) is 25.1. The number of anilines is 1. The summed E-state index contributed by atoms with van der Waals surface area (Å²) in [5.41, 5.74) is 0.565. The molecule has 1 amide bonds. The molecule has 1 aromatic heterocycles. The number of carbonyl (C=O) groups is 2. The normalized spacial score (nSPS) is 10.2. The van der Waals surface area contributed by atoms with Gasteiger partial charge in [-0.25, -0.2) is 0 Å². The highest BCUT2D eigenvalue weighted by atomic mass is 79.9. The first-order valence-electron chi connectivity index (χ1n) is 5.41. The molecular formula is C13H10BrNO3S. The molecule has 19 heavy (non-hydrogen) atoms.